The number of hydrogen-bond donors (Lipinski definition) is 2. The highest BCUT2D eigenvalue weighted by Gasteiger charge is 2.34. The number of aromatic nitrogens is 2. The number of carbonyl (C=O) groups excluding carboxylic acids is 2. The first-order chi connectivity index (χ1) is 13.6. The Morgan fingerprint density at radius 1 is 1.17 bits per heavy atom. The van der Waals surface area contributed by atoms with Gasteiger partial charge in [0, 0.05) is 19.2 Å². The molecule has 2 N–H and O–H groups in total. The number of rotatable bonds is 4. The van der Waals surface area contributed by atoms with Crippen LogP contribution in [0.4, 0.5) is 8.78 Å². The van der Waals surface area contributed by atoms with Gasteiger partial charge in [-0.25, -0.2) is 13.8 Å². The summed E-state index contributed by atoms with van der Waals surface area (Å²) in [5.41, 5.74) is 0.878. The molecule has 156 valence electrons. The smallest absolute Gasteiger partial charge is 0.272 e. The summed E-state index contributed by atoms with van der Waals surface area (Å²) in [6.45, 7) is 6.23. The minimum Gasteiger partial charge on any atom is -0.357 e. The van der Waals surface area contributed by atoms with E-state index < -0.39 is 29.0 Å². The molecule has 1 aliphatic rings. The lowest BCUT2D eigenvalue weighted by Gasteiger charge is -2.29. The van der Waals surface area contributed by atoms with Crippen LogP contribution in [0, 0.1) is 17.0 Å². The molecule has 0 unspecified atom stereocenters. The van der Waals surface area contributed by atoms with E-state index in [9.17, 15) is 18.4 Å². The quantitative estimate of drug-likeness (QED) is 0.822. The zero-order valence-corrected chi connectivity index (χ0v) is 17.1. The normalized spacial score (nSPS) is 14.8. The number of imidazole rings is 1. The Bertz CT molecular complexity index is 947. The molecule has 0 saturated carbocycles. The molecule has 0 radical (unpaired) electrons. The number of hydrogen-bond acceptors (Lipinski definition) is 3. The summed E-state index contributed by atoms with van der Waals surface area (Å²) in [6.07, 6.45) is 2.46. The third-order valence-corrected chi connectivity index (χ3v) is 5.16. The topological polar surface area (TPSA) is 76.0 Å². The van der Waals surface area contributed by atoms with E-state index in [1.54, 1.807) is 0 Å². The van der Waals surface area contributed by atoms with Crippen molar-refractivity contribution in [3.8, 4) is 11.4 Å². The van der Waals surface area contributed by atoms with Crippen LogP contribution in [0.15, 0.2) is 18.2 Å². The van der Waals surface area contributed by atoms with Crippen molar-refractivity contribution in [1.29, 1.82) is 0 Å². The standard InChI is InChI=1S/C21H26F2N4O2/c1-21(2,3)17(20(29)24-4)26-19(28)16-15-7-5-6-10-27(15)18(25-16)12-8-9-13(22)14(23)11-12/h8-9,11,17H,5-7,10H2,1-4H3,(H,24,29)(H,26,28)/t17-/m1/s1. The molecule has 6 nitrogen and oxygen atoms in total. The van der Waals surface area contributed by atoms with Gasteiger partial charge in [-0.15, -0.1) is 0 Å². The molecule has 1 aromatic heterocycles. The van der Waals surface area contributed by atoms with E-state index in [-0.39, 0.29) is 11.6 Å². The van der Waals surface area contributed by atoms with Crippen molar-refractivity contribution >= 4 is 11.8 Å². The number of nitrogens with zero attached hydrogens (tertiary/aromatic N) is 2. The summed E-state index contributed by atoms with van der Waals surface area (Å²) in [5.74, 6) is -2.21. The zero-order valence-electron chi connectivity index (χ0n) is 17.1. The lowest BCUT2D eigenvalue weighted by Crippen LogP contribution is -2.53. The number of halogens is 2. The molecule has 2 amide bonds. The first-order valence-electron chi connectivity index (χ1n) is 9.70. The van der Waals surface area contributed by atoms with Crippen LogP contribution in [-0.4, -0.2) is 34.5 Å². The largest absolute Gasteiger partial charge is 0.357 e. The maximum atomic E-state index is 13.8. The van der Waals surface area contributed by atoms with Crippen LogP contribution in [0.2, 0.25) is 0 Å². The van der Waals surface area contributed by atoms with E-state index in [2.05, 4.69) is 15.6 Å². The predicted molar refractivity (Wildman–Crippen MR) is 105 cm³/mol. The van der Waals surface area contributed by atoms with Gasteiger partial charge in [0.05, 0.1) is 5.69 Å². The summed E-state index contributed by atoms with van der Waals surface area (Å²) < 4.78 is 29.0. The number of benzene rings is 1. The van der Waals surface area contributed by atoms with E-state index in [4.69, 9.17) is 0 Å². The van der Waals surface area contributed by atoms with Crippen LogP contribution in [-0.2, 0) is 17.8 Å². The second-order valence-corrected chi connectivity index (χ2v) is 8.36. The Morgan fingerprint density at radius 2 is 1.90 bits per heavy atom. The SMILES string of the molecule is CNC(=O)[C@@H](NC(=O)c1nc(-c2ccc(F)c(F)c2)n2c1CCCC2)C(C)(C)C. The van der Waals surface area contributed by atoms with Crippen molar-refractivity contribution in [2.75, 3.05) is 7.05 Å². The number of amides is 2. The highest BCUT2D eigenvalue weighted by Crippen LogP contribution is 2.29. The lowest BCUT2D eigenvalue weighted by atomic mass is 9.86. The Balaban J connectivity index is 2.01. The molecule has 0 saturated heterocycles. The fourth-order valence-corrected chi connectivity index (χ4v) is 3.60. The summed E-state index contributed by atoms with van der Waals surface area (Å²) in [4.78, 5) is 29.8. The van der Waals surface area contributed by atoms with Gasteiger partial charge in [-0.05, 0) is 42.9 Å². The third-order valence-electron chi connectivity index (χ3n) is 5.16. The van der Waals surface area contributed by atoms with Crippen molar-refractivity contribution < 1.29 is 18.4 Å². The molecule has 8 heteroatoms. The van der Waals surface area contributed by atoms with Crippen molar-refractivity contribution in [3.05, 3.63) is 41.2 Å². The predicted octanol–water partition coefficient (Wildman–Crippen LogP) is 3.06. The summed E-state index contributed by atoms with van der Waals surface area (Å²) in [7, 11) is 1.52. The molecule has 2 aromatic rings. The van der Waals surface area contributed by atoms with Crippen LogP contribution < -0.4 is 10.6 Å². The minimum atomic E-state index is -0.964. The van der Waals surface area contributed by atoms with Gasteiger partial charge in [0.1, 0.15) is 17.6 Å². The highest BCUT2D eigenvalue weighted by molar-refractivity contribution is 5.97. The van der Waals surface area contributed by atoms with Crippen LogP contribution in [0.5, 0.6) is 0 Å². The van der Waals surface area contributed by atoms with Gasteiger partial charge < -0.3 is 15.2 Å². The molecule has 1 atom stereocenters. The Hall–Kier alpha value is -2.77. The molecular formula is C21H26F2N4O2. The van der Waals surface area contributed by atoms with Gasteiger partial charge in [0.25, 0.3) is 5.91 Å². The molecule has 0 fully saturated rings. The van der Waals surface area contributed by atoms with Gasteiger partial charge >= 0.3 is 0 Å². The molecular weight excluding hydrogens is 378 g/mol. The number of fused-ring (bicyclic) bond motifs is 1. The Morgan fingerprint density at radius 3 is 2.52 bits per heavy atom. The lowest BCUT2D eigenvalue weighted by molar-refractivity contribution is -0.124. The second-order valence-electron chi connectivity index (χ2n) is 8.36. The van der Waals surface area contributed by atoms with Gasteiger partial charge in [0.15, 0.2) is 11.6 Å². The maximum Gasteiger partial charge on any atom is 0.272 e. The molecule has 0 bridgehead atoms. The van der Waals surface area contributed by atoms with E-state index in [0.717, 1.165) is 30.7 Å². The fourth-order valence-electron chi connectivity index (χ4n) is 3.60. The average Bonchev–Trinajstić information content (AvgIpc) is 3.06. The number of carbonyl (C=O) groups is 2. The van der Waals surface area contributed by atoms with Crippen LogP contribution in [0.3, 0.4) is 0 Å². The molecule has 0 spiro atoms. The highest BCUT2D eigenvalue weighted by atomic mass is 19.2. The van der Waals surface area contributed by atoms with E-state index >= 15 is 0 Å². The van der Waals surface area contributed by atoms with E-state index in [1.165, 1.54) is 13.1 Å². The molecule has 3 rings (SSSR count). The van der Waals surface area contributed by atoms with Gasteiger partial charge in [-0.2, -0.15) is 0 Å². The Labute approximate surface area is 168 Å². The first-order valence-corrected chi connectivity index (χ1v) is 9.70. The van der Waals surface area contributed by atoms with Gasteiger partial charge in [-0.3, -0.25) is 9.59 Å². The second kappa shape index (κ2) is 7.93. The van der Waals surface area contributed by atoms with E-state index in [0.29, 0.717) is 24.4 Å². The maximum absolute atomic E-state index is 13.8. The average molecular weight is 404 g/mol. The van der Waals surface area contributed by atoms with Gasteiger partial charge in [0.2, 0.25) is 5.91 Å². The van der Waals surface area contributed by atoms with Crippen molar-refractivity contribution in [2.24, 2.45) is 5.41 Å². The van der Waals surface area contributed by atoms with Crippen molar-refractivity contribution in [3.63, 3.8) is 0 Å². The molecule has 1 aliphatic heterocycles. The summed E-state index contributed by atoms with van der Waals surface area (Å²) in [5, 5.41) is 5.38. The van der Waals surface area contributed by atoms with Crippen molar-refractivity contribution in [2.45, 2.75) is 52.6 Å². The zero-order chi connectivity index (χ0) is 21.3. The minimum absolute atomic E-state index is 0.225. The fraction of sp³-hybridized carbons (Fsp3) is 0.476. The Kier molecular flexibility index (Phi) is 5.73. The number of likely N-dealkylation sites (N-methyl/N-ethyl adjacent to an activating group) is 1. The molecule has 29 heavy (non-hydrogen) atoms. The number of nitrogens with one attached hydrogen (secondary N) is 2. The van der Waals surface area contributed by atoms with Crippen molar-refractivity contribution in [1.82, 2.24) is 20.2 Å². The van der Waals surface area contributed by atoms with Crippen LogP contribution >= 0.6 is 0 Å². The molecule has 0 aliphatic carbocycles. The molecule has 2 heterocycles. The van der Waals surface area contributed by atoms with E-state index in [1.807, 2.05) is 25.3 Å². The summed E-state index contributed by atoms with van der Waals surface area (Å²) in [6, 6.07) is 2.85. The molecule has 1 aromatic carbocycles. The third kappa shape index (κ3) is 4.16. The first kappa shape index (κ1) is 21.0. The summed E-state index contributed by atoms with van der Waals surface area (Å²) >= 11 is 0. The van der Waals surface area contributed by atoms with Gasteiger partial charge in [-0.1, -0.05) is 20.8 Å². The van der Waals surface area contributed by atoms with Crippen LogP contribution in [0.1, 0.15) is 49.8 Å². The van der Waals surface area contributed by atoms with Crippen LogP contribution in [0.25, 0.3) is 11.4 Å². The monoisotopic (exact) mass is 404 g/mol.